The summed E-state index contributed by atoms with van der Waals surface area (Å²) in [5.41, 5.74) is 1.13. The normalized spacial score (nSPS) is 17.1. The van der Waals surface area contributed by atoms with Crippen molar-refractivity contribution >= 4 is 17.2 Å². The number of hydrogen-bond donors (Lipinski definition) is 2. The minimum atomic E-state index is -0.804. The molecule has 0 bridgehead atoms. The van der Waals surface area contributed by atoms with E-state index in [1.54, 1.807) is 18.3 Å². The lowest BCUT2D eigenvalue weighted by atomic mass is 9.98. The van der Waals surface area contributed by atoms with Crippen molar-refractivity contribution in [1.82, 2.24) is 10.2 Å². The molecule has 1 aliphatic carbocycles. The lowest BCUT2D eigenvalue weighted by Crippen LogP contribution is -2.50. The Hall–Kier alpha value is -2.20. The van der Waals surface area contributed by atoms with Crippen LogP contribution in [0.2, 0.25) is 0 Å². The molecular formula is C21H25N3O2S. The zero-order chi connectivity index (χ0) is 19.3. The van der Waals surface area contributed by atoms with E-state index in [0.29, 0.717) is 13.1 Å². The number of nitrogens with zero attached hydrogens (tertiary/aromatic N) is 2. The number of nitriles is 1. The summed E-state index contributed by atoms with van der Waals surface area (Å²) in [7, 11) is 0. The van der Waals surface area contributed by atoms with Crippen LogP contribution < -0.4 is 5.32 Å². The summed E-state index contributed by atoms with van der Waals surface area (Å²) in [6, 6.07) is 14.0. The van der Waals surface area contributed by atoms with Crippen molar-refractivity contribution in [3.8, 4) is 6.07 Å². The minimum Gasteiger partial charge on any atom is -0.387 e. The Labute approximate surface area is 164 Å². The number of nitrogens with one attached hydrogen (secondary N) is 1. The Morgan fingerprint density at radius 3 is 2.74 bits per heavy atom. The van der Waals surface area contributed by atoms with Gasteiger partial charge in [-0.25, -0.2) is 0 Å². The maximum absolute atomic E-state index is 12.6. The van der Waals surface area contributed by atoms with Gasteiger partial charge in [0.15, 0.2) is 0 Å². The largest absolute Gasteiger partial charge is 0.387 e. The molecule has 0 unspecified atom stereocenters. The molecule has 5 nitrogen and oxygen atoms in total. The molecule has 1 saturated carbocycles. The SMILES string of the molecule is C[C@@](C#N)(NC(=O)CN(Cc1ccccc1)C[C@H](O)c1ccsc1)C1CC1. The first-order valence-corrected chi connectivity index (χ1v) is 10.1. The Morgan fingerprint density at radius 1 is 1.41 bits per heavy atom. The van der Waals surface area contributed by atoms with Crippen LogP contribution in [0.4, 0.5) is 0 Å². The van der Waals surface area contributed by atoms with Gasteiger partial charge >= 0.3 is 0 Å². The highest BCUT2D eigenvalue weighted by molar-refractivity contribution is 7.07. The molecule has 1 aromatic heterocycles. The molecule has 3 rings (SSSR count). The highest BCUT2D eigenvalue weighted by atomic mass is 32.1. The van der Waals surface area contributed by atoms with Crippen LogP contribution in [0.1, 0.15) is 37.0 Å². The second-order valence-electron chi connectivity index (χ2n) is 7.36. The summed E-state index contributed by atoms with van der Waals surface area (Å²) < 4.78 is 0. The number of carbonyl (C=O) groups excluding carboxylic acids is 1. The highest BCUT2D eigenvalue weighted by Gasteiger charge is 2.43. The summed E-state index contributed by atoms with van der Waals surface area (Å²) in [4.78, 5) is 14.6. The van der Waals surface area contributed by atoms with Gasteiger partial charge in [-0.2, -0.15) is 16.6 Å². The molecule has 1 heterocycles. The third kappa shape index (κ3) is 5.39. The van der Waals surface area contributed by atoms with Gasteiger partial charge in [-0.1, -0.05) is 30.3 Å². The van der Waals surface area contributed by atoms with Crippen molar-refractivity contribution < 1.29 is 9.90 Å². The molecule has 142 valence electrons. The van der Waals surface area contributed by atoms with E-state index in [0.717, 1.165) is 24.0 Å². The first-order valence-electron chi connectivity index (χ1n) is 9.19. The number of rotatable bonds is 9. The smallest absolute Gasteiger partial charge is 0.235 e. The van der Waals surface area contributed by atoms with E-state index in [9.17, 15) is 15.2 Å². The number of amides is 1. The van der Waals surface area contributed by atoms with Gasteiger partial charge in [0.05, 0.1) is 18.7 Å². The van der Waals surface area contributed by atoms with E-state index in [2.05, 4.69) is 11.4 Å². The van der Waals surface area contributed by atoms with Crippen LogP contribution in [0.15, 0.2) is 47.2 Å². The van der Waals surface area contributed by atoms with Gasteiger partial charge in [-0.3, -0.25) is 9.69 Å². The van der Waals surface area contributed by atoms with Gasteiger partial charge in [0.25, 0.3) is 0 Å². The van der Waals surface area contributed by atoms with Crippen molar-refractivity contribution in [1.29, 1.82) is 5.26 Å². The summed E-state index contributed by atoms with van der Waals surface area (Å²) in [5.74, 6) is 0.0600. The molecule has 6 heteroatoms. The zero-order valence-electron chi connectivity index (χ0n) is 15.5. The van der Waals surface area contributed by atoms with Crippen LogP contribution in [-0.2, 0) is 11.3 Å². The number of aliphatic hydroxyl groups excluding tert-OH is 1. The highest BCUT2D eigenvalue weighted by Crippen LogP contribution is 2.39. The molecule has 2 aromatic rings. The second-order valence-corrected chi connectivity index (χ2v) is 8.14. The fourth-order valence-corrected chi connectivity index (χ4v) is 3.96. The molecular weight excluding hydrogens is 358 g/mol. The average molecular weight is 384 g/mol. The molecule has 1 aliphatic rings. The predicted molar refractivity (Wildman–Crippen MR) is 106 cm³/mol. The maximum atomic E-state index is 12.6. The first kappa shape index (κ1) is 19.6. The van der Waals surface area contributed by atoms with Crippen LogP contribution in [0, 0.1) is 17.2 Å². The molecule has 2 atom stereocenters. The molecule has 1 amide bonds. The van der Waals surface area contributed by atoms with E-state index in [1.807, 2.05) is 52.1 Å². The number of aliphatic hydroxyl groups is 1. The Morgan fingerprint density at radius 2 is 2.15 bits per heavy atom. The van der Waals surface area contributed by atoms with E-state index in [1.165, 1.54) is 0 Å². The fraction of sp³-hybridized carbons (Fsp3) is 0.429. The Kier molecular flexibility index (Phi) is 6.27. The molecule has 0 radical (unpaired) electrons. The van der Waals surface area contributed by atoms with E-state index in [4.69, 9.17) is 0 Å². The van der Waals surface area contributed by atoms with Gasteiger partial charge < -0.3 is 10.4 Å². The number of benzene rings is 1. The molecule has 27 heavy (non-hydrogen) atoms. The van der Waals surface area contributed by atoms with Crippen molar-refractivity contribution in [2.75, 3.05) is 13.1 Å². The lowest BCUT2D eigenvalue weighted by Gasteiger charge is -2.28. The minimum absolute atomic E-state index is 0.139. The summed E-state index contributed by atoms with van der Waals surface area (Å²) in [6.07, 6.45) is 1.31. The van der Waals surface area contributed by atoms with Crippen LogP contribution >= 0.6 is 11.3 Å². The number of carbonyl (C=O) groups is 1. The van der Waals surface area contributed by atoms with Crippen molar-refractivity contribution in [2.45, 2.75) is 38.0 Å². The molecule has 0 aliphatic heterocycles. The number of hydrogen-bond acceptors (Lipinski definition) is 5. The molecule has 1 aromatic carbocycles. The van der Waals surface area contributed by atoms with Crippen LogP contribution in [0.3, 0.4) is 0 Å². The van der Waals surface area contributed by atoms with Gasteiger partial charge in [-0.15, -0.1) is 0 Å². The standard InChI is InChI=1S/C21H25N3O2S/c1-21(15-22,18-7-8-18)23-20(26)13-24(11-16-5-3-2-4-6-16)12-19(25)17-9-10-27-14-17/h2-6,9-10,14,18-19,25H,7-8,11-13H2,1H3,(H,23,26)/t19-,21-/m0/s1. The van der Waals surface area contributed by atoms with Crippen molar-refractivity contribution in [3.05, 3.63) is 58.3 Å². The van der Waals surface area contributed by atoms with Gasteiger partial charge in [0.1, 0.15) is 5.54 Å². The predicted octanol–water partition coefficient (Wildman–Crippen LogP) is 3.09. The fourth-order valence-electron chi connectivity index (χ4n) is 3.26. The summed E-state index contributed by atoms with van der Waals surface area (Å²) in [5, 5.41) is 26.8. The van der Waals surface area contributed by atoms with Crippen LogP contribution in [0.25, 0.3) is 0 Å². The monoisotopic (exact) mass is 383 g/mol. The Balaban J connectivity index is 1.67. The van der Waals surface area contributed by atoms with Crippen LogP contribution in [-0.4, -0.2) is 34.5 Å². The van der Waals surface area contributed by atoms with E-state index in [-0.39, 0.29) is 18.4 Å². The second kappa shape index (κ2) is 8.66. The average Bonchev–Trinajstić information content (AvgIpc) is 3.37. The van der Waals surface area contributed by atoms with E-state index < -0.39 is 11.6 Å². The van der Waals surface area contributed by atoms with Crippen LogP contribution in [0.5, 0.6) is 0 Å². The van der Waals surface area contributed by atoms with Crippen molar-refractivity contribution in [3.63, 3.8) is 0 Å². The molecule has 1 fully saturated rings. The number of thiophene rings is 1. The molecule has 2 N–H and O–H groups in total. The topological polar surface area (TPSA) is 76.4 Å². The van der Waals surface area contributed by atoms with Gasteiger partial charge in [-0.05, 0) is 53.6 Å². The third-order valence-corrected chi connectivity index (χ3v) is 5.70. The molecule has 0 spiro atoms. The maximum Gasteiger partial charge on any atom is 0.235 e. The zero-order valence-corrected chi connectivity index (χ0v) is 16.3. The van der Waals surface area contributed by atoms with Crippen molar-refractivity contribution in [2.24, 2.45) is 5.92 Å². The third-order valence-electron chi connectivity index (χ3n) is 5.00. The summed E-state index contributed by atoms with van der Waals surface area (Å²) in [6.45, 7) is 2.85. The molecule has 0 saturated heterocycles. The summed E-state index contributed by atoms with van der Waals surface area (Å²) >= 11 is 1.54. The quantitative estimate of drug-likeness (QED) is 0.698. The first-order chi connectivity index (χ1) is 13.0. The van der Waals surface area contributed by atoms with Gasteiger partial charge in [0, 0.05) is 13.1 Å². The lowest BCUT2D eigenvalue weighted by molar-refractivity contribution is -0.124. The Bertz CT molecular complexity index is 784. The van der Waals surface area contributed by atoms with Gasteiger partial charge in [0.2, 0.25) is 5.91 Å². The van der Waals surface area contributed by atoms with E-state index >= 15 is 0 Å².